The van der Waals surface area contributed by atoms with Crippen LogP contribution in [0.2, 0.25) is 0 Å². The summed E-state index contributed by atoms with van der Waals surface area (Å²) in [5.41, 5.74) is 0.411. The lowest BCUT2D eigenvalue weighted by Gasteiger charge is -2.44. The van der Waals surface area contributed by atoms with Crippen molar-refractivity contribution in [3.8, 4) is 0 Å². The maximum absolute atomic E-state index is 13.0. The smallest absolute Gasteiger partial charge is 0.319 e. The number of aromatic nitrogens is 2. The Morgan fingerprint density at radius 1 is 1.23 bits per heavy atom. The molecule has 0 aromatic carbocycles. The van der Waals surface area contributed by atoms with E-state index in [1.54, 1.807) is 7.05 Å². The summed E-state index contributed by atoms with van der Waals surface area (Å²) in [7, 11) is 1.76. The van der Waals surface area contributed by atoms with Crippen LogP contribution in [0.3, 0.4) is 0 Å². The Morgan fingerprint density at radius 2 is 1.92 bits per heavy atom. The number of alkyl halides is 2. The molecule has 1 saturated heterocycles. The summed E-state index contributed by atoms with van der Waals surface area (Å²) < 4.78 is 26.8. The molecular formula is C18H30F2IN5. The highest BCUT2D eigenvalue weighted by atomic mass is 127. The van der Waals surface area contributed by atoms with Gasteiger partial charge in [-0.15, -0.1) is 24.0 Å². The predicted octanol–water partition coefficient (Wildman–Crippen LogP) is 4.41. The van der Waals surface area contributed by atoms with E-state index in [9.17, 15) is 8.78 Å². The van der Waals surface area contributed by atoms with E-state index in [0.29, 0.717) is 11.2 Å². The largest absolute Gasteiger partial charge is 0.349 e. The molecule has 1 spiro atoms. The van der Waals surface area contributed by atoms with E-state index in [2.05, 4.69) is 20.2 Å². The van der Waals surface area contributed by atoms with Crippen LogP contribution in [-0.4, -0.2) is 40.5 Å². The number of halogens is 3. The maximum Gasteiger partial charge on any atom is 0.319 e. The average Bonchev–Trinajstić information content (AvgIpc) is 2.97. The summed E-state index contributed by atoms with van der Waals surface area (Å²) in [5.74, 6) is 1.13. The van der Waals surface area contributed by atoms with Gasteiger partial charge in [-0.25, -0.2) is 4.98 Å². The number of guanidine groups is 1. The van der Waals surface area contributed by atoms with Gasteiger partial charge in [0.25, 0.3) is 0 Å². The van der Waals surface area contributed by atoms with Gasteiger partial charge in [-0.05, 0) is 31.1 Å². The fourth-order valence-electron chi connectivity index (χ4n) is 4.42. The lowest BCUT2D eigenvalue weighted by Crippen LogP contribution is -2.50. The second-order valence-corrected chi connectivity index (χ2v) is 7.37. The molecule has 2 fully saturated rings. The second-order valence-electron chi connectivity index (χ2n) is 7.37. The summed E-state index contributed by atoms with van der Waals surface area (Å²) in [4.78, 5) is 10.7. The number of imidazole rings is 1. The van der Waals surface area contributed by atoms with E-state index in [-0.39, 0.29) is 30.5 Å². The first-order valence-electron chi connectivity index (χ1n) is 9.39. The molecule has 1 aliphatic carbocycles. The highest BCUT2D eigenvalue weighted by Gasteiger charge is 2.36. The van der Waals surface area contributed by atoms with Crippen LogP contribution in [0, 0.1) is 5.41 Å². The quantitative estimate of drug-likeness (QED) is 0.396. The standard InChI is InChI=1S/C18H29F2N5.HI/c1-21-17(23-13-15-22-10-12-25(15)16(19)20)24-11-6-9-18(14-24)7-4-2-3-5-8-18;/h10,12,16H,2-9,11,13-14H2,1H3,(H,21,23);1H. The van der Waals surface area contributed by atoms with Crippen molar-refractivity contribution in [2.75, 3.05) is 20.1 Å². The minimum absolute atomic E-state index is 0. The molecule has 2 aliphatic rings. The van der Waals surface area contributed by atoms with E-state index in [0.717, 1.165) is 23.6 Å². The van der Waals surface area contributed by atoms with Crippen molar-refractivity contribution in [2.45, 2.75) is 64.5 Å². The van der Waals surface area contributed by atoms with E-state index < -0.39 is 6.55 Å². The molecule has 3 rings (SSSR count). The molecule has 0 radical (unpaired) electrons. The van der Waals surface area contributed by atoms with Crippen LogP contribution in [-0.2, 0) is 6.54 Å². The summed E-state index contributed by atoms with van der Waals surface area (Å²) >= 11 is 0. The Balaban J connectivity index is 0.00000243. The molecule has 2 heterocycles. The molecule has 5 nitrogen and oxygen atoms in total. The summed E-state index contributed by atoms with van der Waals surface area (Å²) in [6.07, 6.45) is 13.2. The summed E-state index contributed by atoms with van der Waals surface area (Å²) in [6.45, 7) is -0.306. The van der Waals surface area contributed by atoms with Gasteiger partial charge in [0.05, 0.1) is 6.54 Å². The zero-order valence-corrected chi connectivity index (χ0v) is 17.8. The third-order valence-corrected chi connectivity index (χ3v) is 5.70. The van der Waals surface area contributed by atoms with E-state index in [4.69, 9.17) is 0 Å². The molecule has 0 amide bonds. The monoisotopic (exact) mass is 481 g/mol. The van der Waals surface area contributed by atoms with Gasteiger partial charge in [-0.2, -0.15) is 8.78 Å². The van der Waals surface area contributed by atoms with Crippen molar-refractivity contribution in [3.05, 3.63) is 18.2 Å². The molecule has 1 saturated carbocycles. The molecule has 1 aromatic heterocycles. The van der Waals surface area contributed by atoms with Gasteiger partial charge in [-0.1, -0.05) is 25.7 Å². The minimum Gasteiger partial charge on any atom is -0.349 e. The fourth-order valence-corrected chi connectivity index (χ4v) is 4.42. The van der Waals surface area contributed by atoms with Crippen LogP contribution >= 0.6 is 24.0 Å². The fraction of sp³-hybridized carbons (Fsp3) is 0.778. The van der Waals surface area contributed by atoms with E-state index in [1.165, 1.54) is 63.8 Å². The number of nitrogens with zero attached hydrogens (tertiary/aromatic N) is 4. The Morgan fingerprint density at radius 3 is 2.58 bits per heavy atom. The topological polar surface area (TPSA) is 45.5 Å². The highest BCUT2D eigenvalue weighted by molar-refractivity contribution is 14.0. The normalized spacial score (nSPS) is 20.8. The molecule has 26 heavy (non-hydrogen) atoms. The Kier molecular flexibility index (Phi) is 8.09. The molecule has 8 heteroatoms. The van der Waals surface area contributed by atoms with Crippen LogP contribution in [0.4, 0.5) is 8.78 Å². The number of likely N-dealkylation sites (tertiary alicyclic amines) is 1. The molecule has 1 N–H and O–H groups in total. The Labute approximate surface area is 171 Å². The first-order valence-corrected chi connectivity index (χ1v) is 9.39. The minimum atomic E-state index is -2.56. The third kappa shape index (κ3) is 5.07. The van der Waals surface area contributed by atoms with Crippen molar-refractivity contribution in [2.24, 2.45) is 10.4 Å². The van der Waals surface area contributed by atoms with Crippen LogP contribution in [0.25, 0.3) is 0 Å². The first kappa shape index (κ1) is 21.4. The molecule has 1 aromatic rings. The number of nitrogens with one attached hydrogen (secondary N) is 1. The van der Waals surface area contributed by atoms with Gasteiger partial charge in [-0.3, -0.25) is 9.56 Å². The SMILES string of the molecule is CN=C(NCc1nccn1C(F)F)N1CCCC2(CCCCCC2)C1.I. The number of aliphatic imine (C=N–C) groups is 1. The number of piperidine rings is 1. The number of hydrogen-bond acceptors (Lipinski definition) is 2. The molecule has 0 bridgehead atoms. The van der Waals surface area contributed by atoms with Crippen molar-refractivity contribution >= 4 is 29.9 Å². The first-order chi connectivity index (χ1) is 12.1. The van der Waals surface area contributed by atoms with Crippen LogP contribution in [0.15, 0.2) is 17.4 Å². The van der Waals surface area contributed by atoms with Crippen molar-refractivity contribution < 1.29 is 8.78 Å². The third-order valence-electron chi connectivity index (χ3n) is 5.70. The molecule has 0 unspecified atom stereocenters. The van der Waals surface area contributed by atoms with Gasteiger partial charge >= 0.3 is 6.55 Å². The van der Waals surface area contributed by atoms with Crippen LogP contribution < -0.4 is 5.32 Å². The second kappa shape index (κ2) is 9.85. The van der Waals surface area contributed by atoms with Gasteiger partial charge < -0.3 is 10.2 Å². The van der Waals surface area contributed by atoms with Gasteiger partial charge in [0.2, 0.25) is 0 Å². The van der Waals surface area contributed by atoms with Crippen LogP contribution in [0.5, 0.6) is 0 Å². The zero-order valence-electron chi connectivity index (χ0n) is 15.5. The summed E-state index contributed by atoms with van der Waals surface area (Å²) in [5, 5.41) is 3.23. The Hall–Kier alpha value is -0.930. The van der Waals surface area contributed by atoms with E-state index in [1.807, 2.05) is 0 Å². The van der Waals surface area contributed by atoms with E-state index >= 15 is 0 Å². The average molecular weight is 481 g/mol. The predicted molar refractivity (Wildman–Crippen MR) is 110 cm³/mol. The number of rotatable bonds is 3. The lowest BCUT2D eigenvalue weighted by atomic mass is 9.74. The van der Waals surface area contributed by atoms with Gasteiger partial charge in [0.15, 0.2) is 5.96 Å². The van der Waals surface area contributed by atoms with Gasteiger partial charge in [0, 0.05) is 32.5 Å². The molecule has 0 atom stereocenters. The Bertz CT molecular complexity index is 582. The van der Waals surface area contributed by atoms with Crippen molar-refractivity contribution in [1.29, 1.82) is 0 Å². The number of hydrogen-bond donors (Lipinski definition) is 1. The summed E-state index contributed by atoms with van der Waals surface area (Å²) in [6, 6.07) is 0. The highest BCUT2D eigenvalue weighted by Crippen LogP contribution is 2.42. The maximum atomic E-state index is 13.0. The lowest BCUT2D eigenvalue weighted by molar-refractivity contribution is 0.0667. The van der Waals surface area contributed by atoms with Crippen molar-refractivity contribution in [1.82, 2.24) is 19.8 Å². The van der Waals surface area contributed by atoms with Gasteiger partial charge in [0.1, 0.15) is 5.82 Å². The van der Waals surface area contributed by atoms with Crippen molar-refractivity contribution in [3.63, 3.8) is 0 Å². The molecular weight excluding hydrogens is 451 g/mol. The zero-order chi connectivity index (χ0) is 17.7. The molecule has 148 valence electrons. The molecule has 1 aliphatic heterocycles. The van der Waals surface area contributed by atoms with Crippen LogP contribution in [0.1, 0.15) is 63.7 Å².